The fourth-order valence-corrected chi connectivity index (χ4v) is 2.40. The van der Waals surface area contributed by atoms with Gasteiger partial charge < -0.3 is 19.5 Å². The van der Waals surface area contributed by atoms with E-state index in [9.17, 15) is 9.90 Å². The molecule has 7 nitrogen and oxygen atoms in total. The number of rotatable bonds is 8. The minimum absolute atomic E-state index is 0.156. The number of para-hydroxylation sites is 1. The fourth-order valence-electron chi connectivity index (χ4n) is 2.40. The summed E-state index contributed by atoms with van der Waals surface area (Å²) in [5.74, 6) is -0.566. The van der Waals surface area contributed by atoms with Crippen LogP contribution in [0.15, 0.2) is 58.8 Å². The van der Waals surface area contributed by atoms with E-state index in [0.717, 1.165) is 5.56 Å². The third kappa shape index (κ3) is 4.60. The summed E-state index contributed by atoms with van der Waals surface area (Å²) in [6, 6.07) is 14.4. The third-order valence-electron chi connectivity index (χ3n) is 3.55. The van der Waals surface area contributed by atoms with E-state index in [1.165, 1.54) is 14.2 Å². The first-order valence-corrected chi connectivity index (χ1v) is 7.81. The molecule has 0 spiro atoms. The molecule has 0 aliphatic rings. The summed E-state index contributed by atoms with van der Waals surface area (Å²) < 4.78 is 5.91. The zero-order valence-electron chi connectivity index (χ0n) is 14.8. The van der Waals surface area contributed by atoms with Crippen LogP contribution in [0.4, 0.5) is 0 Å². The number of ether oxygens (including phenoxy) is 1. The van der Waals surface area contributed by atoms with Crippen LogP contribution in [0.1, 0.15) is 23.6 Å². The molecule has 1 N–H and O–H groups in total. The summed E-state index contributed by atoms with van der Waals surface area (Å²) in [6.45, 7) is 1.97. The molecule has 0 saturated heterocycles. The van der Waals surface area contributed by atoms with Crippen LogP contribution >= 0.6 is 0 Å². The maximum atomic E-state index is 11.5. The van der Waals surface area contributed by atoms with Crippen molar-refractivity contribution < 1.29 is 24.3 Å². The molecule has 0 unspecified atom stereocenters. The lowest BCUT2D eigenvalue weighted by Crippen LogP contribution is -2.17. The van der Waals surface area contributed by atoms with Crippen LogP contribution in [-0.2, 0) is 21.1 Å². The van der Waals surface area contributed by atoms with Crippen LogP contribution in [0.2, 0.25) is 0 Å². The van der Waals surface area contributed by atoms with E-state index in [1.807, 2.05) is 31.2 Å². The second kappa shape index (κ2) is 9.22. The van der Waals surface area contributed by atoms with Gasteiger partial charge in [0.1, 0.15) is 26.6 Å². The maximum Gasteiger partial charge on any atom is 0.358 e. The summed E-state index contributed by atoms with van der Waals surface area (Å²) >= 11 is 0. The van der Waals surface area contributed by atoms with Gasteiger partial charge in [-0.05, 0) is 24.6 Å². The molecule has 0 aliphatic carbocycles. The van der Waals surface area contributed by atoms with E-state index < -0.39 is 5.97 Å². The van der Waals surface area contributed by atoms with E-state index in [4.69, 9.17) is 9.57 Å². The SMILES string of the molecule is CON=C(C)c1ccccc1OCc1ccccc1/C(=N\OC)C(=O)O. The maximum absolute atomic E-state index is 11.5. The Labute approximate surface area is 151 Å². The number of carboxylic acids is 1. The van der Waals surface area contributed by atoms with E-state index in [-0.39, 0.29) is 12.3 Å². The van der Waals surface area contributed by atoms with Crippen molar-refractivity contribution in [2.45, 2.75) is 13.5 Å². The molecule has 0 saturated carbocycles. The number of carboxylic acid groups (broad SMARTS) is 1. The monoisotopic (exact) mass is 356 g/mol. The van der Waals surface area contributed by atoms with Crippen molar-refractivity contribution in [2.24, 2.45) is 10.3 Å². The predicted molar refractivity (Wildman–Crippen MR) is 97.6 cm³/mol. The van der Waals surface area contributed by atoms with Gasteiger partial charge in [0.2, 0.25) is 0 Å². The number of carbonyl (C=O) groups is 1. The summed E-state index contributed by atoms with van der Waals surface area (Å²) in [5.41, 5.74) is 2.37. The lowest BCUT2D eigenvalue weighted by molar-refractivity contribution is -0.129. The number of oxime groups is 2. The van der Waals surface area contributed by atoms with Crippen LogP contribution in [-0.4, -0.2) is 36.7 Å². The first-order valence-electron chi connectivity index (χ1n) is 7.81. The Bertz CT molecular complexity index is 830. The molecule has 0 aromatic heterocycles. The Morgan fingerprint density at radius 1 is 0.962 bits per heavy atom. The molecule has 0 fully saturated rings. The van der Waals surface area contributed by atoms with Crippen molar-refractivity contribution in [1.82, 2.24) is 0 Å². The van der Waals surface area contributed by atoms with Crippen LogP contribution in [0.5, 0.6) is 5.75 Å². The van der Waals surface area contributed by atoms with Gasteiger partial charge in [-0.2, -0.15) is 0 Å². The van der Waals surface area contributed by atoms with Crippen molar-refractivity contribution in [3.8, 4) is 5.75 Å². The average Bonchev–Trinajstić information content (AvgIpc) is 2.65. The smallest absolute Gasteiger partial charge is 0.358 e. The summed E-state index contributed by atoms with van der Waals surface area (Å²) in [7, 11) is 2.78. The van der Waals surface area contributed by atoms with Crippen molar-refractivity contribution in [2.75, 3.05) is 14.2 Å². The molecule has 0 radical (unpaired) electrons. The fraction of sp³-hybridized carbons (Fsp3) is 0.211. The van der Waals surface area contributed by atoms with Gasteiger partial charge in [-0.1, -0.05) is 46.7 Å². The van der Waals surface area contributed by atoms with Gasteiger partial charge in [-0.25, -0.2) is 4.79 Å². The predicted octanol–water partition coefficient (Wildman–Crippen LogP) is 3.07. The molecule has 0 aliphatic heterocycles. The molecule has 0 atom stereocenters. The van der Waals surface area contributed by atoms with E-state index in [0.29, 0.717) is 22.6 Å². The Kier molecular flexibility index (Phi) is 6.73. The molecule has 2 aromatic carbocycles. The molecule has 7 heteroatoms. The minimum atomic E-state index is -1.18. The van der Waals surface area contributed by atoms with Gasteiger partial charge >= 0.3 is 5.97 Å². The van der Waals surface area contributed by atoms with Gasteiger partial charge in [-0.15, -0.1) is 0 Å². The average molecular weight is 356 g/mol. The number of benzene rings is 2. The third-order valence-corrected chi connectivity index (χ3v) is 3.55. The summed E-state index contributed by atoms with van der Waals surface area (Å²) in [6.07, 6.45) is 0. The highest BCUT2D eigenvalue weighted by atomic mass is 16.6. The molecule has 2 aromatic rings. The summed E-state index contributed by atoms with van der Waals surface area (Å²) in [4.78, 5) is 20.9. The molecule has 0 bridgehead atoms. The zero-order chi connectivity index (χ0) is 18.9. The topological polar surface area (TPSA) is 89.7 Å². The van der Waals surface area contributed by atoms with Crippen LogP contribution in [0.3, 0.4) is 0 Å². The van der Waals surface area contributed by atoms with Crippen LogP contribution < -0.4 is 4.74 Å². The lowest BCUT2D eigenvalue weighted by atomic mass is 10.0. The molecular formula is C19H20N2O5. The van der Waals surface area contributed by atoms with Crippen molar-refractivity contribution in [1.29, 1.82) is 0 Å². The Balaban J connectivity index is 2.31. The second-order valence-electron chi connectivity index (χ2n) is 5.23. The first-order chi connectivity index (χ1) is 12.6. The number of hydrogen-bond donors (Lipinski definition) is 1. The van der Waals surface area contributed by atoms with E-state index in [1.54, 1.807) is 24.3 Å². The second-order valence-corrected chi connectivity index (χ2v) is 5.23. The van der Waals surface area contributed by atoms with Crippen LogP contribution in [0.25, 0.3) is 0 Å². The quantitative estimate of drug-likeness (QED) is 0.580. The molecule has 136 valence electrons. The van der Waals surface area contributed by atoms with Gasteiger partial charge in [-0.3, -0.25) is 0 Å². The van der Waals surface area contributed by atoms with Gasteiger partial charge in [0.05, 0.1) is 5.71 Å². The minimum Gasteiger partial charge on any atom is -0.488 e. The number of aliphatic carboxylic acids is 1. The van der Waals surface area contributed by atoms with Gasteiger partial charge in [0.25, 0.3) is 0 Å². The van der Waals surface area contributed by atoms with Crippen molar-refractivity contribution >= 4 is 17.4 Å². The molecular weight excluding hydrogens is 336 g/mol. The van der Waals surface area contributed by atoms with E-state index in [2.05, 4.69) is 15.1 Å². The Morgan fingerprint density at radius 2 is 1.58 bits per heavy atom. The zero-order valence-corrected chi connectivity index (χ0v) is 14.8. The standard InChI is InChI=1S/C19H20N2O5/c1-13(20-24-2)15-9-6-7-11-17(15)26-12-14-8-4-5-10-16(14)18(19(22)23)21-25-3/h4-11H,12H2,1-3H3,(H,22,23)/b20-13?,21-18+. The molecule has 2 rings (SSSR count). The molecule has 26 heavy (non-hydrogen) atoms. The largest absolute Gasteiger partial charge is 0.488 e. The van der Waals surface area contributed by atoms with Crippen molar-refractivity contribution in [3.05, 3.63) is 65.2 Å². The normalized spacial score (nSPS) is 11.8. The Hall–Kier alpha value is -3.35. The highest BCUT2D eigenvalue weighted by molar-refractivity contribution is 6.42. The highest BCUT2D eigenvalue weighted by Gasteiger charge is 2.18. The summed E-state index contributed by atoms with van der Waals surface area (Å²) in [5, 5.41) is 16.9. The highest BCUT2D eigenvalue weighted by Crippen LogP contribution is 2.21. The van der Waals surface area contributed by atoms with E-state index >= 15 is 0 Å². The molecule has 0 heterocycles. The number of nitrogens with zero attached hydrogens (tertiary/aromatic N) is 2. The number of hydrogen-bond acceptors (Lipinski definition) is 6. The molecule has 0 amide bonds. The van der Waals surface area contributed by atoms with Gasteiger partial charge in [0.15, 0.2) is 5.71 Å². The first kappa shape index (κ1) is 19.0. The lowest BCUT2D eigenvalue weighted by Gasteiger charge is -2.13. The Morgan fingerprint density at radius 3 is 2.23 bits per heavy atom. The van der Waals surface area contributed by atoms with Crippen LogP contribution in [0, 0.1) is 0 Å². The van der Waals surface area contributed by atoms with Gasteiger partial charge in [0, 0.05) is 11.1 Å². The van der Waals surface area contributed by atoms with Crippen molar-refractivity contribution in [3.63, 3.8) is 0 Å².